The van der Waals surface area contributed by atoms with Crippen LogP contribution in [0.2, 0.25) is 0 Å². The number of nitrogens with zero attached hydrogens (tertiary/aromatic N) is 1. The third-order valence-electron chi connectivity index (χ3n) is 11.9. The van der Waals surface area contributed by atoms with Gasteiger partial charge in [-0.3, -0.25) is 0 Å². The van der Waals surface area contributed by atoms with E-state index in [1.165, 1.54) is 93.3 Å². The molecule has 0 aliphatic heterocycles. The Kier molecular flexibility index (Phi) is 8.14. The van der Waals surface area contributed by atoms with Crippen molar-refractivity contribution >= 4 is 0 Å². The van der Waals surface area contributed by atoms with Crippen molar-refractivity contribution < 1.29 is 0 Å². The third-order valence-corrected chi connectivity index (χ3v) is 11.9. The lowest BCUT2D eigenvalue weighted by Crippen LogP contribution is -2.27. The first-order chi connectivity index (χ1) is 26.7. The van der Waals surface area contributed by atoms with E-state index in [1.54, 1.807) is 0 Å². The molecule has 1 saturated carbocycles. The number of hydrogen-bond acceptors (Lipinski definition) is 1. The molecule has 1 nitrogen and oxygen atoms in total. The zero-order valence-electron chi connectivity index (χ0n) is 30.4. The Bertz CT molecular complexity index is 2560. The van der Waals surface area contributed by atoms with Gasteiger partial charge in [0.05, 0.1) is 11.4 Å². The van der Waals surface area contributed by atoms with Crippen LogP contribution in [0.1, 0.15) is 43.2 Å². The van der Waals surface area contributed by atoms with Gasteiger partial charge in [-0.05, 0) is 110 Å². The van der Waals surface area contributed by atoms with E-state index in [2.05, 4.69) is 188 Å². The number of hydrogen-bond donors (Lipinski definition) is 0. The van der Waals surface area contributed by atoms with Crippen LogP contribution in [0, 0.1) is 0 Å². The van der Waals surface area contributed by atoms with E-state index >= 15 is 0 Å². The van der Waals surface area contributed by atoms with Gasteiger partial charge in [-0.1, -0.05) is 177 Å². The van der Waals surface area contributed by atoms with E-state index in [-0.39, 0.29) is 5.41 Å². The van der Waals surface area contributed by atoms with Crippen molar-refractivity contribution in [2.45, 2.75) is 37.5 Å². The quantitative estimate of drug-likeness (QED) is 0.169. The molecule has 258 valence electrons. The lowest BCUT2D eigenvalue weighted by Gasteiger charge is -2.36. The van der Waals surface area contributed by atoms with E-state index in [1.807, 2.05) is 0 Å². The summed E-state index contributed by atoms with van der Waals surface area (Å²) in [5.41, 5.74) is 19.9. The summed E-state index contributed by atoms with van der Waals surface area (Å²) in [5, 5.41) is 0. The Morgan fingerprint density at radius 2 is 0.852 bits per heavy atom. The van der Waals surface area contributed by atoms with Crippen LogP contribution in [0.4, 0.5) is 0 Å². The molecule has 0 atom stereocenters. The second kappa shape index (κ2) is 13.6. The molecule has 0 bridgehead atoms. The predicted octanol–water partition coefficient (Wildman–Crippen LogP) is 14.3. The number of fused-ring (bicyclic) bond motifs is 5. The van der Waals surface area contributed by atoms with Gasteiger partial charge in [-0.2, -0.15) is 0 Å². The minimum Gasteiger partial charge on any atom is -0.248 e. The van der Waals surface area contributed by atoms with Gasteiger partial charge >= 0.3 is 0 Å². The highest BCUT2D eigenvalue weighted by Crippen LogP contribution is 2.56. The van der Waals surface area contributed by atoms with Crippen molar-refractivity contribution in [2.24, 2.45) is 0 Å². The molecule has 8 aromatic rings. The third kappa shape index (κ3) is 5.69. The number of pyridine rings is 1. The minimum atomic E-state index is 0.164. The normalized spacial score (nSPS) is 14.1. The van der Waals surface area contributed by atoms with E-state index in [0.717, 1.165) is 28.1 Å². The van der Waals surface area contributed by atoms with Gasteiger partial charge in [0.2, 0.25) is 0 Å². The van der Waals surface area contributed by atoms with Crippen molar-refractivity contribution in [2.75, 3.05) is 0 Å². The second-order valence-corrected chi connectivity index (χ2v) is 15.0. The number of benzene rings is 7. The average molecular weight is 692 g/mol. The summed E-state index contributed by atoms with van der Waals surface area (Å²) in [6.07, 6.45) is 6.45. The van der Waals surface area contributed by atoms with E-state index in [9.17, 15) is 0 Å². The molecule has 2 aliphatic carbocycles. The standard InChI is InChI=1S/C53H41N/c1-5-16-37(17-6-1)44-35-51(39-20-9-3-10-21-39)54-52(36-44)43-23-15-22-42(32-43)47-33-40(26-28-45(47)38-18-7-2-8-19-38)41-27-29-50-48(34-41)46-24-11-12-25-49(46)53(50)30-13-4-14-31-53/h1-3,5-12,15-29,32-36H,4,13-14,30-31H2. The van der Waals surface area contributed by atoms with Crippen molar-refractivity contribution in [3.05, 3.63) is 199 Å². The van der Waals surface area contributed by atoms with Crippen LogP contribution in [0.15, 0.2) is 188 Å². The van der Waals surface area contributed by atoms with Gasteiger partial charge in [0.25, 0.3) is 0 Å². The van der Waals surface area contributed by atoms with Gasteiger partial charge in [0.15, 0.2) is 0 Å². The molecule has 1 heteroatoms. The fourth-order valence-electron chi connectivity index (χ4n) is 9.25. The molecular formula is C53H41N. The van der Waals surface area contributed by atoms with E-state index in [0.29, 0.717) is 0 Å². The molecular weight excluding hydrogens is 651 g/mol. The molecule has 0 amide bonds. The Labute approximate surface area is 318 Å². The van der Waals surface area contributed by atoms with Gasteiger partial charge in [-0.15, -0.1) is 0 Å². The summed E-state index contributed by atoms with van der Waals surface area (Å²) >= 11 is 0. The summed E-state index contributed by atoms with van der Waals surface area (Å²) in [6, 6.07) is 68.8. The highest BCUT2D eigenvalue weighted by atomic mass is 14.7. The van der Waals surface area contributed by atoms with Gasteiger partial charge in [0.1, 0.15) is 0 Å². The molecule has 1 aromatic heterocycles. The molecule has 0 unspecified atom stereocenters. The predicted molar refractivity (Wildman–Crippen MR) is 226 cm³/mol. The molecule has 54 heavy (non-hydrogen) atoms. The number of rotatable bonds is 6. The Morgan fingerprint density at radius 3 is 1.59 bits per heavy atom. The maximum Gasteiger partial charge on any atom is 0.0715 e. The fourth-order valence-corrected chi connectivity index (χ4v) is 9.25. The van der Waals surface area contributed by atoms with E-state index in [4.69, 9.17) is 4.98 Å². The topological polar surface area (TPSA) is 12.9 Å². The molecule has 0 radical (unpaired) electrons. The van der Waals surface area contributed by atoms with Crippen LogP contribution in [0.25, 0.3) is 78.1 Å². The molecule has 2 aliphatic rings. The van der Waals surface area contributed by atoms with Crippen LogP contribution in [0.5, 0.6) is 0 Å². The van der Waals surface area contributed by atoms with Crippen LogP contribution in [-0.2, 0) is 5.41 Å². The molecule has 0 saturated heterocycles. The maximum atomic E-state index is 5.27. The Balaban J connectivity index is 1.11. The lowest BCUT2D eigenvalue weighted by molar-refractivity contribution is 0.353. The second-order valence-electron chi connectivity index (χ2n) is 15.0. The molecule has 10 rings (SSSR count). The van der Waals surface area contributed by atoms with Gasteiger partial charge < -0.3 is 0 Å². The highest BCUT2D eigenvalue weighted by molar-refractivity contribution is 5.91. The Hall–Kier alpha value is -6.31. The molecule has 1 heterocycles. The van der Waals surface area contributed by atoms with Crippen LogP contribution in [0.3, 0.4) is 0 Å². The van der Waals surface area contributed by atoms with E-state index < -0.39 is 0 Å². The average Bonchev–Trinajstić information content (AvgIpc) is 3.52. The van der Waals surface area contributed by atoms with Crippen molar-refractivity contribution in [1.82, 2.24) is 4.98 Å². The largest absolute Gasteiger partial charge is 0.248 e. The van der Waals surface area contributed by atoms with Crippen LogP contribution < -0.4 is 0 Å². The lowest BCUT2D eigenvalue weighted by atomic mass is 9.68. The molecule has 1 fully saturated rings. The first-order valence-corrected chi connectivity index (χ1v) is 19.4. The summed E-state index contributed by atoms with van der Waals surface area (Å²) < 4.78 is 0. The zero-order valence-corrected chi connectivity index (χ0v) is 30.4. The maximum absolute atomic E-state index is 5.27. The SMILES string of the molecule is c1ccc(-c2cc(-c3ccccc3)nc(-c3cccc(-c4cc(-c5ccc6c(c5)-c5ccccc5C65CCCCC5)ccc4-c4ccccc4)c3)c2)cc1. The van der Waals surface area contributed by atoms with Crippen molar-refractivity contribution in [1.29, 1.82) is 0 Å². The van der Waals surface area contributed by atoms with Crippen molar-refractivity contribution in [3.8, 4) is 78.1 Å². The van der Waals surface area contributed by atoms with Crippen LogP contribution in [-0.4, -0.2) is 4.98 Å². The zero-order chi connectivity index (χ0) is 35.9. The fraction of sp³-hybridized carbons (Fsp3) is 0.113. The summed E-state index contributed by atoms with van der Waals surface area (Å²) in [6.45, 7) is 0. The first-order valence-electron chi connectivity index (χ1n) is 19.4. The summed E-state index contributed by atoms with van der Waals surface area (Å²) in [5.74, 6) is 0. The highest BCUT2D eigenvalue weighted by Gasteiger charge is 2.43. The number of aromatic nitrogens is 1. The monoisotopic (exact) mass is 691 g/mol. The molecule has 0 N–H and O–H groups in total. The minimum absolute atomic E-state index is 0.164. The Morgan fingerprint density at radius 1 is 0.296 bits per heavy atom. The first kappa shape index (κ1) is 32.3. The van der Waals surface area contributed by atoms with Crippen molar-refractivity contribution in [3.63, 3.8) is 0 Å². The molecule has 1 spiro atoms. The van der Waals surface area contributed by atoms with Gasteiger partial charge in [0, 0.05) is 16.5 Å². The van der Waals surface area contributed by atoms with Crippen LogP contribution >= 0.6 is 0 Å². The molecule has 7 aromatic carbocycles. The smallest absolute Gasteiger partial charge is 0.0715 e. The van der Waals surface area contributed by atoms with Gasteiger partial charge in [-0.25, -0.2) is 4.98 Å². The summed E-state index contributed by atoms with van der Waals surface area (Å²) in [7, 11) is 0. The summed E-state index contributed by atoms with van der Waals surface area (Å²) in [4.78, 5) is 5.27.